The molecule has 0 aliphatic rings. The second-order valence-corrected chi connectivity index (χ2v) is 4.52. The van der Waals surface area contributed by atoms with E-state index in [9.17, 15) is 10.2 Å². The van der Waals surface area contributed by atoms with E-state index in [1.807, 2.05) is 30.3 Å². The molecular weight excluding hydrogens is 238 g/mol. The third-order valence-electron chi connectivity index (χ3n) is 2.63. The summed E-state index contributed by atoms with van der Waals surface area (Å²) in [6.45, 7) is 1.63. The first-order valence-corrected chi connectivity index (χ1v) is 5.87. The maximum Gasteiger partial charge on any atom is 0.135 e. The van der Waals surface area contributed by atoms with Crippen LogP contribution >= 0.6 is 11.6 Å². The number of nitrogens with zero attached hydrogens (tertiary/aromatic N) is 1. The number of benzene rings is 1. The van der Waals surface area contributed by atoms with Gasteiger partial charge in [0, 0.05) is 17.4 Å². The number of rotatable bonds is 3. The SMILES string of the molecule is C[C@H](O)C[C@H](O)c1cc2ccccc2nc1Cl. The zero-order valence-electron chi connectivity index (χ0n) is 9.47. The summed E-state index contributed by atoms with van der Waals surface area (Å²) in [5.41, 5.74) is 1.36. The van der Waals surface area contributed by atoms with Crippen LogP contribution in [0.2, 0.25) is 5.15 Å². The summed E-state index contributed by atoms with van der Waals surface area (Å²) in [6.07, 6.45) is -1.12. The van der Waals surface area contributed by atoms with Gasteiger partial charge >= 0.3 is 0 Å². The lowest BCUT2D eigenvalue weighted by Crippen LogP contribution is -2.09. The Bertz CT molecular complexity index is 528. The number of halogens is 1. The molecule has 0 fully saturated rings. The number of hydrogen-bond acceptors (Lipinski definition) is 3. The van der Waals surface area contributed by atoms with Crippen molar-refractivity contribution in [1.29, 1.82) is 0 Å². The third kappa shape index (κ3) is 2.75. The van der Waals surface area contributed by atoms with E-state index in [1.54, 1.807) is 6.92 Å². The molecule has 3 nitrogen and oxygen atoms in total. The van der Waals surface area contributed by atoms with Crippen molar-refractivity contribution in [2.75, 3.05) is 0 Å². The largest absolute Gasteiger partial charge is 0.393 e. The minimum absolute atomic E-state index is 0.250. The van der Waals surface area contributed by atoms with E-state index in [0.29, 0.717) is 5.56 Å². The molecule has 90 valence electrons. The normalized spacial score (nSPS) is 14.8. The standard InChI is InChI=1S/C13H14ClNO2/c1-8(16)6-12(17)10-7-9-4-2-3-5-11(9)15-13(10)14/h2-5,7-8,12,16-17H,6H2,1H3/t8-,12-/m0/s1. The van der Waals surface area contributed by atoms with Gasteiger partial charge in [0.25, 0.3) is 0 Å². The molecule has 2 N–H and O–H groups in total. The van der Waals surface area contributed by atoms with Crippen molar-refractivity contribution in [3.05, 3.63) is 41.0 Å². The third-order valence-corrected chi connectivity index (χ3v) is 2.93. The van der Waals surface area contributed by atoms with E-state index in [-0.39, 0.29) is 11.6 Å². The van der Waals surface area contributed by atoms with Gasteiger partial charge in [0.15, 0.2) is 0 Å². The first-order chi connectivity index (χ1) is 8.08. The fourth-order valence-corrected chi connectivity index (χ4v) is 2.06. The summed E-state index contributed by atoms with van der Waals surface area (Å²) in [4.78, 5) is 4.23. The van der Waals surface area contributed by atoms with Crippen LogP contribution in [0.15, 0.2) is 30.3 Å². The van der Waals surface area contributed by atoms with E-state index >= 15 is 0 Å². The van der Waals surface area contributed by atoms with Gasteiger partial charge in [-0.25, -0.2) is 4.98 Å². The van der Waals surface area contributed by atoms with Crippen LogP contribution in [0.5, 0.6) is 0 Å². The van der Waals surface area contributed by atoms with E-state index in [4.69, 9.17) is 11.6 Å². The highest BCUT2D eigenvalue weighted by Crippen LogP contribution is 2.28. The maximum atomic E-state index is 9.95. The number of pyridine rings is 1. The van der Waals surface area contributed by atoms with Crippen LogP contribution in [0.25, 0.3) is 10.9 Å². The molecule has 0 spiro atoms. The molecule has 1 heterocycles. The molecule has 2 rings (SSSR count). The molecule has 0 radical (unpaired) electrons. The number of aromatic nitrogens is 1. The minimum Gasteiger partial charge on any atom is -0.393 e. The Morgan fingerprint density at radius 2 is 2.00 bits per heavy atom. The highest BCUT2D eigenvalue weighted by atomic mass is 35.5. The fourth-order valence-electron chi connectivity index (χ4n) is 1.79. The van der Waals surface area contributed by atoms with Crippen LogP contribution in [-0.4, -0.2) is 21.3 Å². The van der Waals surface area contributed by atoms with Crippen molar-refractivity contribution >= 4 is 22.5 Å². The Balaban J connectivity index is 2.43. The van der Waals surface area contributed by atoms with Gasteiger partial charge in [-0.2, -0.15) is 0 Å². The predicted octanol–water partition coefficient (Wildman–Crippen LogP) is 2.69. The summed E-state index contributed by atoms with van der Waals surface area (Å²) in [7, 11) is 0. The quantitative estimate of drug-likeness (QED) is 0.825. The van der Waals surface area contributed by atoms with Gasteiger partial charge in [-0.05, 0) is 19.1 Å². The number of aliphatic hydroxyl groups excluding tert-OH is 2. The van der Waals surface area contributed by atoms with E-state index in [0.717, 1.165) is 10.9 Å². The highest BCUT2D eigenvalue weighted by molar-refractivity contribution is 6.30. The first-order valence-electron chi connectivity index (χ1n) is 5.49. The molecule has 17 heavy (non-hydrogen) atoms. The van der Waals surface area contributed by atoms with Gasteiger partial charge in [0.1, 0.15) is 5.15 Å². The molecule has 2 aromatic rings. The Kier molecular flexibility index (Phi) is 3.62. The van der Waals surface area contributed by atoms with E-state index in [2.05, 4.69) is 4.98 Å². The molecule has 4 heteroatoms. The van der Waals surface area contributed by atoms with Gasteiger partial charge in [-0.15, -0.1) is 0 Å². The minimum atomic E-state index is -0.792. The predicted molar refractivity (Wildman–Crippen MR) is 68.0 cm³/mol. The second kappa shape index (κ2) is 5.00. The molecule has 2 atom stereocenters. The Hall–Kier alpha value is -1.16. The fraction of sp³-hybridized carbons (Fsp3) is 0.308. The summed E-state index contributed by atoms with van der Waals surface area (Å²) < 4.78 is 0. The number of para-hydroxylation sites is 1. The maximum absolute atomic E-state index is 9.95. The topological polar surface area (TPSA) is 53.4 Å². The van der Waals surface area contributed by atoms with Crippen molar-refractivity contribution in [3.63, 3.8) is 0 Å². The van der Waals surface area contributed by atoms with E-state index in [1.165, 1.54) is 0 Å². The monoisotopic (exact) mass is 251 g/mol. The molecule has 0 saturated heterocycles. The number of aliphatic hydroxyl groups is 2. The van der Waals surface area contributed by atoms with Crippen molar-refractivity contribution in [1.82, 2.24) is 4.98 Å². The average Bonchev–Trinajstić information content (AvgIpc) is 2.27. The summed E-state index contributed by atoms with van der Waals surface area (Å²) in [5.74, 6) is 0. The molecule has 0 saturated carbocycles. The van der Waals surface area contributed by atoms with Gasteiger partial charge < -0.3 is 10.2 Å². The van der Waals surface area contributed by atoms with Gasteiger partial charge in [-0.1, -0.05) is 29.8 Å². The van der Waals surface area contributed by atoms with Crippen LogP contribution in [0.1, 0.15) is 25.0 Å². The zero-order valence-corrected chi connectivity index (χ0v) is 10.2. The Labute approximate surface area is 105 Å². The smallest absolute Gasteiger partial charge is 0.135 e. The molecule has 0 amide bonds. The summed E-state index contributed by atoms with van der Waals surface area (Å²) >= 11 is 6.03. The first kappa shape index (κ1) is 12.3. The molecule has 0 aliphatic heterocycles. The molecule has 0 bridgehead atoms. The molecule has 0 aliphatic carbocycles. The lowest BCUT2D eigenvalue weighted by Gasteiger charge is -2.14. The van der Waals surface area contributed by atoms with Crippen LogP contribution in [0, 0.1) is 0 Å². The van der Waals surface area contributed by atoms with Gasteiger partial charge in [-0.3, -0.25) is 0 Å². The van der Waals surface area contributed by atoms with Crippen molar-refractivity contribution in [3.8, 4) is 0 Å². The Morgan fingerprint density at radius 3 is 2.71 bits per heavy atom. The van der Waals surface area contributed by atoms with Crippen molar-refractivity contribution in [2.45, 2.75) is 25.6 Å². The zero-order chi connectivity index (χ0) is 12.4. The summed E-state index contributed by atoms with van der Waals surface area (Å²) in [6, 6.07) is 9.39. The van der Waals surface area contributed by atoms with Gasteiger partial charge in [0.05, 0.1) is 17.7 Å². The Morgan fingerprint density at radius 1 is 1.29 bits per heavy atom. The molecule has 1 aromatic carbocycles. The van der Waals surface area contributed by atoms with E-state index < -0.39 is 12.2 Å². The molecule has 0 unspecified atom stereocenters. The highest BCUT2D eigenvalue weighted by Gasteiger charge is 2.15. The van der Waals surface area contributed by atoms with Crippen molar-refractivity contribution < 1.29 is 10.2 Å². The van der Waals surface area contributed by atoms with Crippen LogP contribution in [-0.2, 0) is 0 Å². The van der Waals surface area contributed by atoms with Crippen molar-refractivity contribution in [2.24, 2.45) is 0 Å². The summed E-state index contributed by atoms with van der Waals surface area (Å²) in [5, 5.41) is 20.4. The molecule has 1 aromatic heterocycles. The average molecular weight is 252 g/mol. The molecular formula is C13H14ClNO2. The van der Waals surface area contributed by atoms with Crippen LogP contribution < -0.4 is 0 Å². The second-order valence-electron chi connectivity index (χ2n) is 4.16. The number of hydrogen-bond donors (Lipinski definition) is 2. The van der Waals surface area contributed by atoms with Crippen LogP contribution in [0.4, 0.5) is 0 Å². The van der Waals surface area contributed by atoms with Gasteiger partial charge in [0.2, 0.25) is 0 Å². The lowest BCUT2D eigenvalue weighted by atomic mass is 10.0. The lowest BCUT2D eigenvalue weighted by molar-refractivity contribution is 0.0907. The van der Waals surface area contributed by atoms with Crippen LogP contribution in [0.3, 0.4) is 0 Å². The number of fused-ring (bicyclic) bond motifs is 1.